The van der Waals surface area contributed by atoms with Gasteiger partial charge in [0.25, 0.3) is 0 Å². The molecule has 0 saturated carbocycles. The molecular weight excluding hydrogens is 413 g/mol. The van der Waals surface area contributed by atoms with Crippen molar-refractivity contribution in [2.75, 3.05) is 6.54 Å². The minimum absolute atomic E-state index is 0.0484. The average Bonchev–Trinajstić information content (AvgIpc) is 2.56. The molecular formula is C14H21F3N2O10. The molecule has 0 saturated heterocycles. The topological polar surface area (TPSA) is 214 Å². The van der Waals surface area contributed by atoms with E-state index in [1.807, 2.05) is 5.32 Å². The van der Waals surface area contributed by atoms with E-state index in [9.17, 15) is 32.3 Å². The fourth-order valence-electron chi connectivity index (χ4n) is 1.54. The SMILES string of the molecule is NCCCC[C@H](OC(=O)N[C@@H](CCC(=O)O)C(=O)O)C(=O)O.O=C(O)C(F)(F)F. The van der Waals surface area contributed by atoms with Gasteiger partial charge in [0.15, 0.2) is 0 Å². The molecule has 0 spiro atoms. The highest BCUT2D eigenvalue weighted by molar-refractivity contribution is 5.82. The Bertz CT molecular complexity index is 582. The third-order valence-electron chi connectivity index (χ3n) is 2.92. The number of amides is 1. The number of ether oxygens (including phenoxy) is 1. The summed E-state index contributed by atoms with van der Waals surface area (Å²) in [4.78, 5) is 52.6. The van der Waals surface area contributed by atoms with Gasteiger partial charge in [0, 0.05) is 6.42 Å². The Kier molecular flexibility index (Phi) is 13.5. The summed E-state index contributed by atoms with van der Waals surface area (Å²) in [5.41, 5.74) is 5.27. The maximum Gasteiger partial charge on any atom is 0.490 e. The number of unbranched alkanes of at least 4 members (excludes halogenated alkanes) is 1. The predicted molar refractivity (Wildman–Crippen MR) is 85.9 cm³/mol. The molecule has 15 heteroatoms. The van der Waals surface area contributed by atoms with Crippen molar-refractivity contribution in [3.63, 3.8) is 0 Å². The standard InChI is InChI=1S/C12H20N2O8.C2HF3O2/c13-6-2-1-3-8(11(19)20)22-12(21)14-7(10(17)18)4-5-9(15)16;3-2(4,5)1(6)7/h7-8H,1-6,13H2,(H,14,21)(H,15,16)(H,17,18)(H,19,20);(H,6,7)/t7-,8-;/m0./s1. The van der Waals surface area contributed by atoms with Gasteiger partial charge >= 0.3 is 36.1 Å². The lowest BCUT2D eigenvalue weighted by Crippen LogP contribution is -2.43. The second-order valence-electron chi connectivity index (χ2n) is 5.29. The molecule has 2 atom stereocenters. The fourth-order valence-corrected chi connectivity index (χ4v) is 1.54. The summed E-state index contributed by atoms with van der Waals surface area (Å²) in [6.07, 6.45) is -7.49. The maximum absolute atomic E-state index is 11.5. The summed E-state index contributed by atoms with van der Waals surface area (Å²) in [6.45, 7) is 0.370. The number of carbonyl (C=O) groups is 5. The smallest absolute Gasteiger partial charge is 0.481 e. The summed E-state index contributed by atoms with van der Waals surface area (Å²) in [6, 6.07) is -1.47. The van der Waals surface area contributed by atoms with Crippen molar-refractivity contribution in [2.24, 2.45) is 5.73 Å². The number of nitrogens with two attached hydrogens (primary N) is 1. The van der Waals surface area contributed by atoms with Gasteiger partial charge < -0.3 is 36.2 Å². The first kappa shape index (κ1) is 28.1. The zero-order valence-electron chi connectivity index (χ0n) is 14.8. The second kappa shape index (κ2) is 14.0. The van der Waals surface area contributed by atoms with Crippen LogP contribution >= 0.6 is 0 Å². The van der Waals surface area contributed by atoms with Crippen LogP contribution < -0.4 is 11.1 Å². The van der Waals surface area contributed by atoms with Crippen molar-refractivity contribution in [2.45, 2.75) is 50.4 Å². The number of carboxylic acids is 4. The molecule has 7 N–H and O–H groups in total. The van der Waals surface area contributed by atoms with Gasteiger partial charge in [-0.1, -0.05) is 0 Å². The molecule has 0 aliphatic carbocycles. The third kappa shape index (κ3) is 15.6. The molecule has 0 aromatic carbocycles. The van der Waals surface area contributed by atoms with Gasteiger partial charge in [-0.15, -0.1) is 0 Å². The van der Waals surface area contributed by atoms with Gasteiger partial charge in [-0.05, 0) is 32.2 Å². The molecule has 0 aliphatic heterocycles. The number of aliphatic carboxylic acids is 4. The largest absolute Gasteiger partial charge is 0.490 e. The summed E-state index contributed by atoms with van der Waals surface area (Å²) in [5, 5.41) is 35.3. The molecule has 0 radical (unpaired) electrons. The van der Waals surface area contributed by atoms with Crippen molar-refractivity contribution in [3.05, 3.63) is 0 Å². The lowest BCUT2D eigenvalue weighted by molar-refractivity contribution is -0.192. The van der Waals surface area contributed by atoms with Crippen LogP contribution in [0.5, 0.6) is 0 Å². The second-order valence-corrected chi connectivity index (χ2v) is 5.29. The molecule has 0 rings (SSSR count). The number of hydrogen-bond donors (Lipinski definition) is 6. The van der Waals surface area contributed by atoms with Gasteiger partial charge in [0.2, 0.25) is 6.10 Å². The predicted octanol–water partition coefficient (Wildman–Crippen LogP) is 0.246. The lowest BCUT2D eigenvalue weighted by atomic mass is 10.1. The van der Waals surface area contributed by atoms with E-state index in [0.29, 0.717) is 19.4 Å². The summed E-state index contributed by atoms with van der Waals surface area (Å²) in [5.74, 6) is -6.77. The normalized spacial score (nSPS) is 12.6. The zero-order valence-corrected chi connectivity index (χ0v) is 14.8. The first-order valence-electron chi connectivity index (χ1n) is 7.87. The van der Waals surface area contributed by atoms with Crippen molar-refractivity contribution in [1.29, 1.82) is 0 Å². The minimum Gasteiger partial charge on any atom is -0.481 e. The van der Waals surface area contributed by atoms with E-state index in [-0.39, 0.29) is 12.8 Å². The van der Waals surface area contributed by atoms with E-state index in [2.05, 4.69) is 4.74 Å². The van der Waals surface area contributed by atoms with Crippen LogP contribution in [0.15, 0.2) is 0 Å². The number of carboxylic acid groups (broad SMARTS) is 4. The first-order valence-corrected chi connectivity index (χ1v) is 7.87. The Labute approximate surface area is 161 Å². The Morgan fingerprint density at radius 1 is 0.931 bits per heavy atom. The summed E-state index contributed by atoms with van der Waals surface area (Å²) < 4.78 is 36.4. The molecule has 0 bridgehead atoms. The molecule has 29 heavy (non-hydrogen) atoms. The number of hydrogen-bond acceptors (Lipinski definition) is 7. The lowest BCUT2D eigenvalue weighted by Gasteiger charge is -2.17. The molecule has 1 amide bonds. The Hall–Kier alpha value is -3.10. The van der Waals surface area contributed by atoms with E-state index < -0.39 is 54.7 Å². The van der Waals surface area contributed by atoms with E-state index >= 15 is 0 Å². The quantitative estimate of drug-likeness (QED) is 0.242. The van der Waals surface area contributed by atoms with E-state index in [4.69, 9.17) is 31.0 Å². The van der Waals surface area contributed by atoms with Crippen LogP contribution in [0.2, 0.25) is 0 Å². The van der Waals surface area contributed by atoms with Crippen LogP contribution in [0.25, 0.3) is 0 Å². The van der Waals surface area contributed by atoms with Crippen molar-refractivity contribution < 1.29 is 62.3 Å². The number of alkyl halides is 3. The Morgan fingerprint density at radius 3 is 1.79 bits per heavy atom. The third-order valence-corrected chi connectivity index (χ3v) is 2.92. The van der Waals surface area contributed by atoms with E-state index in [0.717, 1.165) is 0 Å². The van der Waals surface area contributed by atoms with Crippen LogP contribution in [-0.4, -0.2) is 75.3 Å². The monoisotopic (exact) mass is 434 g/mol. The van der Waals surface area contributed by atoms with E-state index in [1.165, 1.54) is 0 Å². The molecule has 12 nitrogen and oxygen atoms in total. The van der Waals surface area contributed by atoms with Crippen molar-refractivity contribution in [1.82, 2.24) is 5.32 Å². The minimum atomic E-state index is -5.08. The summed E-state index contributed by atoms with van der Waals surface area (Å²) in [7, 11) is 0. The molecule has 0 heterocycles. The maximum atomic E-state index is 11.5. The Balaban J connectivity index is 0. The van der Waals surface area contributed by atoms with Gasteiger partial charge in [0.1, 0.15) is 6.04 Å². The number of rotatable bonds is 11. The molecule has 0 fully saturated rings. The highest BCUT2D eigenvalue weighted by Crippen LogP contribution is 2.13. The average molecular weight is 434 g/mol. The van der Waals surface area contributed by atoms with Crippen LogP contribution in [0.1, 0.15) is 32.1 Å². The highest BCUT2D eigenvalue weighted by atomic mass is 19.4. The molecule has 0 aliphatic rings. The van der Waals surface area contributed by atoms with Crippen LogP contribution in [0.3, 0.4) is 0 Å². The number of carbonyl (C=O) groups excluding carboxylic acids is 1. The van der Waals surface area contributed by atoms with Gasteiger partial charge in [-0.25, -0.2) is 19.2 Å². The first-order chi connectivity index (χ1) is 13.2. The number of halogens is 3. The fraction of sp³-hybridized carbons (Fsp3) is 0.643. The van der Waals surface area contributed by atoms with Crippen LogP contribution in [-0.2, 0) is 23.9 Å². The molecule has 0 aromatic heterocycles. The molecule has 168 valence electrons. The van der Waals surface area contributed by atoms with Gasteiger partial charge in [0.05, 0.1) is 0 Å². The molecule has 0 aromatic rings. The highest BCUT2D eigenvalue weighted by Gasteiger charge is 2.38. The van der Waals surface area contributed by atoms with Crippen molar-refractivity contribution >= 4 is 30.0 Å². The summed E-state index contributed by atoms with van der Waals surface area (Å²) >= 11 is 0. The van der Waals surface area contributed by atoms with E-state index in [1.54, 1.807) is 0 Å². The molecule has 0 unspecified atom stereocenters. The van der Waals surface area contributed by atoms with Gasteiger partial charge in [-0.3, -0.25) is 4.79 Å². The van der Waals surface area contributed by atoms with Crippen LogP contribution in [0, 0.1) is 0 Å². The number of nitrogens with one attached hydrogen (secondary N) is 1. The number of alkyl carbamates (subject to hydrolysis) is 1. The van der Waals surface area contributed by atoms with Crippen LogP contribution in [0.4, 0.5) is 18.0 Å². The van der Waals surface area contributed by atoms with Gasteiger partial charge in [-0.2, -0.15) is 13.2 Å². The van der Waals surface area contributed by atoms with Crippen molar-refractivity contribution in [3.8, 4) is 0 Å². The zero-order chi connectivity index (χ0) is 23.2. The Morgan fingerprint density at radius 2 is 1.45 bits per heavy atom.